The van der Waals surface area contributed by atoms with Gasteiger partial charge in [0.15, 0.2) is 0 Å². The zero-order valence-corrected chi connectivity index (χ0v) is 14.4. The minimum absolute atomic E-state index is 0.109. The van der Waals surface area contributed by atoms with Crippen LogP contribution in [0.3, 0.4) is 0 Å². The number of aromatic nitrogens is 1. The third-order valence-electron chi connectivity index (χ3n) is 3.29. The largest absolute Gasteiger partial charge is 0.477 e. The zero-order valence-electron chi connectivity index (χ0n) is 12.8. The fourth-order valence-electron chi connectivity index (χ4n) is 2.13. The van der Waals surface area contributed by atoms with Crippen LogP contribution in [0.25, 0.3) is 0 Å². The molecule has 5 nitrogen and oxygen atoms in total. The summed E-state index contributed by atoms with van der Waals surface area (Å²) in [5.74, 6) is -1.10. The van der Waals surface area contributed by atoms with Crippen molar-refractivity contribution in [3.05, 3.63) is 50.4 Å². The number of nitrogens with zero attached hydrogens (tertiary/aromatic N) is 1. The number of carboxylic acid groups (broad SMARTS) is 1. The zero-order chi connectivity index (χ0) is 17.0. The Bertz CT molecular complexity index is 730. The first-order valence-corrected chi connectivity index (χ1v) is 8.30. The number of aryl methyl sites for hydroxylation is 2. The lowest BCUT2D eigenvalue weighted by Gasteiger charge is -2.11. The first kappa shape index (κ1) is 17.4. The number of carbonyl (C=O) groups is 2. The molecule has 0 saturated carbocycles. The molecule has 7 heteroatoms. The van der Waals surface area contributed by atoms with Gasteiger partial charge < -0.3 is 10.4 Å². The third-order valence-corrected chi connectivity index (χ3v) is 4.85. The molecule has 1 aromatic carbocycles. The van der Waals surface area contributed by atoms with E-state index >= 15 is 0 Å². The highest BCUT2D eigenvalue weighted by atomic mass is 35.5. The van der Waals surface area contributed by atoms with Crippen LogP contribution in [0.4, 0.5) is 0 Å². The molecule has 2 aromatic rings. The van der Waals surface area contributed by atoms with Crippen LogP contribution in [0.1, 0.15) is 45.3 Å². The minimum Gasteiger partial charge on any atom is -0.477 e. The van der Waals surface area contributed by atoms with Crippen LogP contribution in [0.15, 0.2) is 24.3 Å². The van der Waals surface area contributed by atoms with Crippen LogP contribution in [0.5, 0.6) is 0 Å². The molecule has 0 aliphatic rings. The maximum atomic E-state index is 12.0. The molecule has 1 heterocycles. The highest BCUT2D eigenvalue weighted by molar-refractivity contribution is 7.13. The van der Waals surface area contributed by atoms with Crippen LogP contribution in [0, 0.1) is 6.92 Å². The van der Waals surface area contributed by atoms with Gasteiger partial charge in [0.2, 0.25) is 5.91 Å². The molecule has 23 heavy (non-hydrogen) atoms. The number of carboxylic acids is 1. The van der Waals surface area contributed by atoms with E-state index in [1.807, 2.05) is 18.2 Å². The van der Waals surface area contributed by atoms with Crippen LogP contribution in [-0.2, 0) is 11.2 Å². The Morgan fingerprint density at radius 2 is 2.17 bits per heavy atom. The van der Waals surface area contributed by atoms with E-state index in [1.54, 1.807) is 19.9 Å². The molecule has 0 aliphatic heterocycles. The molecule has 0 radical (unpaired) electrons. The number of rotatable bonds is 6. The van der Waals surface area contributed by atoms with Crippen LogP contribution >= 0.6 is 22.9 Å². The topological polar surface area (TPSA) is 79.3 Å². The van der Waals surface area contributed by atoms with E-state index in [1.165, 1.54) is 0 Å². The van der Waals surface area contributed by atoms with Crippen molar-refractivity contribution in [2.24, 2.45) is 0 Å². The molecule has 0 aliphatic carbocycles. The second-order valence-corrected chi connectivity index (χ2v) is 6.66. The van der Waals surface area contributed by atoms with Gasteiger partial charge in [-0.25, -0.2) is 9.78 Å². The molecule has 122 valence electrons. The van der Waals surface area contributed by atoms with E-state index in [9.17, 15) is 9.59 Å². The van der Waals surface area contributed by atoms with Crippen molar-refractivity contribution in [2.75, 3.05) is 0 Å². The molecule has 1 atom stereocenters. The number of nitrogens with one attached hydrogen (secondary N) is 1. The molecular weight excluding hydrogens is 336 g/mol. The molecule has 0 bridgehead atoms. The number of aromatic carboxylic acids is 1. The first-order chi connectivity index (χ1) is 10.9. The quantitative estimate of drug-likeness (QED) is 0.832. The van der Waals surface area contributed by atoms with E-state index in [4.69, 9.17) is 16.7 Å². The van der Waals surface area contributed by atoms with Crippen LogP contribution in [0.2, 0.25) is 5.02 Å². The SMILES string of the molecule is Cc1nc(C(C)NC(=O)CCc2cccc(Cl)c2)sc1C(=O)O. The monoisotopic (exact) mass is 352 g/mol. The summed E-state index contributed by atoms with van der Waals surface area (Å²) in [4.78, 5) is 27.5. The van der Waals surface area contributed by atoms with Gasteiger partial charge in [0.05, 0.1) is 11.7 Å². The summed E-state index contributed by atoms with van der Waals surface area (Å²) in [5.41, 5.74) is 1.47. The van der Waals surface area contributed by atoms with Gasteiger partial charge in [-0.15, -0.1) is 11.3 Å². The van der Waals surface area contributed by atoms with Crippen molar-refractivity contribution >= 4 is 34.8 Å². The molecule has 2 N–H and O–H groups in total. The van der Waals surface area contributed by atoms with Gasteiger partial charge in [0.25, 0.3) is 0 Å². The van der Waals surface area contributed by atoms with Gasteiger partial charge in [-0.3, -0.25) is 4.79 Å². The summed E-state index contributed by atoms with van der Waals surface area (Å²) in [7, 11) is 0. The lowest BCUT2D eigenvalue weighted by atomic mass is 10.1. The Labute approximate surface area is 143 Å². The van der Waals surface area contributed by atoms with Gasteiger partial charge >= 0.3 is 5.97 Å². The average Bonchev–Trinajstić information content (AvgIpc) is 2.87. The summed E-state index contributed by atoms with van der Waals surface area (Å²) in [6.45, 7) is 3.44. The maximum Gasteiger partial charge on any atom is 0.347 e. The Morgan fingerprint density at radius 1 is 1.43 bits per heavy atom. The summed E-state index contributed by atoms with van der Waals surface area (Å²) < 4.78 is 0. The first-order valence-electron chi connectivity index (χ1n) is 7.11. The van der Waals surface area contributed by atoms with E-state index in [2.05, 4.69) is 10.3 Å². The lowest BCUT2D eigenvalue weighted by Crippen LogP contribution is -2.26. The third kappa shape index (κ3) is 4.77. The van der Waals surface area contributed by atoms with Crippen LogP contribution in [-0.4, -0.2) is 22.0 Å². The number of hydrogen-bond acceptors (Lipinski definition) is 4. The summed E-state index contributed by atoms with van der Waals surface area (Å²) in [5, 5.41) is 13.1. The van der Waals surface area contributed by atoms with Crippen molar-refractivity contribution in [1.82, 2.24) is 10.3 Å². The predicted octanol–water partition coefficient (Wildman–Crippen LogP) is 3.61. The second kappa shape index (κ2) is 7.57. The minimum atomic E-state index is -0.995. The van der Waals surface area contributed by atoms with E-state index < -0.39 is 5.97 Å². The van der Waals surface area contributed by atoms with Crippen molar-refractivity contribution in [3.63, 3.8) is 0 Å². The Balaban J connectivity index is 1.92. The van der Waals surface area contributed by atoms with Gasteiger partial charge in [-0.1, -0.05) is 23.7 Å². The maximum absolute atomic E-state index is 12.0. The summed E-state index contributed by atoms with van der Waals surface area (Å²) in [6.07, 6.45) is 0.928. The molecule has 0 spiro atoms. The molecule has 1 aromatic heterocycles. The molecular formula is C16H17ClN2O3S. The molecule has 1 amide bonds. The van der Waals surface area contributed by atoms with Crippen LogP contribution < -0.4 is 5.32 Å². The molecule has 1 unspecified atom stereocenters. The summed E-state index contributed by atoms with van der Waals surface area (Å²) in [6, 6.07) is 7.08. The van der Waals surface area contributed by atoms with E-state index in [0.29, 0.717) is 28.6 Å². The molecule has 2 rings (SSSR count). The highest BCUT2D eigenvalue weighted by Gasteiger charge is 2.19. The standard InChI is InChI=1S/C16H17ClN2O3S/c1-9-14(16(21)22)23-15(19-9)10(2)18-13(20)7-6-11-4-3-5-12(17)8-11/h3-5,8,10H,6-7H2,1-2H3,(H,18,20)(H,21,22). The highest BCUT2D eigenvalue weighted by Crippen LogP contribution is 2.23. The van der Waals surface area contributed by atoms with E-state index in [-0.39, 0.29) is 16.8 Å². The Kier molecular flexibility index (Phi) is 5.74. The van der Waals surface area contributed by atoms with Gasteiger partial charge in [-0.05, 0) is 38.0 Å². The van der Waals surface area contributed by atoms with Crippen molar-refractivity contribution in [2.45, 2.75) is 32.7 Å². The van der Waals surface area contributed by atoms with Gasteiger partial charge in [0, 0.05) is 11.4 Å². The fraction of sp³-hybridized carbons (Fsp3) is 0.312. The fourth-order valence-corrected chi connectivity index (χ4v) is 3.25. The Morgan fingerprint density at radius 3 is 2.78 bits per heavy atom. The van der Waals surface area contributed by atoms with E-state index in [0.717, 1.165) is 16.9 Å². The van der Waals surface area contributed by atoms with Crippen molar-refractivity contribution in [3.8, 4) is 0 Å². The molecule has 0 saturated heterocycles. The number of hydrogen-bond donors (Lipinski definition) is 2. The predicted molar refractivity (Wildman–Crippen MR) is 90.1 cm³/mol. The Hall–Kier alpha value is -1.92. The lowest BCUT2D eigenvalue weighted by molar-refractivity contribution is -0.121. The number of benzene rings is 1. The number of thiazole rings is 1. The van der Waals surface area contributed by atoms with Crippen molar-refractivity contribution in [1.29, 1.82) is 0 Å². The second-order valence-electron chi connectivity index (χ2n) is 5.19. The molecule has 0 fully saturated rings. The smallest absolute Gasteiger partial charge is 0.347 e. The van der Waals surface area contributed by atoms with Gasteiger partial charge in [-0.2, -0.15) is 0 Å². The number of halogens is 1. The summed E-state index contributed by atoms with van der Waals surface area (Å²) >= 11 is 7.00. The van der Waals surface area contributed by atoms with Crippen molar-refractivity contribution < 1.29 is 14.7 Å². The van der Waals surface area contributed by atoms with Gasteiger partial charge in [0.1, 0.15) is 9.88 Å². The normalized spacial score (nSPS) is 12.0. The average molecular weight is 353 g/mol. The number of carbonyl (C=O) groups excluding carboxylic acids is 1. The number of amides is 1.